The summed E-state index contributed by atoms with van der Waals surface area (Å²) < 4.78 is 7.75. The van der Waals surface area contributed by atoms with Crippen LogP contribution in [0, 0.1) is 0 Å². The number of nitrogen functional groups attached to an aromatic ring is 1. The molecule has 4 aromatic rings. The topological polar surface area (TPSA) is 112 Å². The Hall–Kier alpha value is -3.72. The maximum absolute atomic E-state index is 12.3. The van der Waals surface area contributed by atoms with Crippen molar-refractivity contribution in [3.05, 3.63) is 59.6 Å². The van der Waals surface area contributed by atoms with Gasteiger partial charge < -0.3 is 15.4 Å². The minimum Gasteiger partial charge on any atom is -0.486 e. The van der Waals surface area contributed by atoms with Gasteiger partial charge in [0, 0.05) is 31.3 Å². The van der Waals surface area contributed by atoms with Crippen LogP contribution in [0.3, 0.4) is 0 Å². The number of halogens is 1. The maximum Gasteiger partial charge on any atom is 0.222 e. The highest BCUT2D eigenvalue weighted by atomic mass is 35.5. The zero-order valence-electron chi connectivity index (χ0n) is 19.4. The van der Waals surface area contributed by atoms with Gasteiger partial charge in [-0.25, -0.2) is 14.6 Å². The fourth-order valence-corrected chi connectivity index (χ4v) is 4.69. The number of aromatic nitrogens is 5. The van der Waals surface area contributed by atoms with Crippen LogP contribution in [0.5, 0.6) is 5.75 Å². The predicted octanol–water partition coefficient (Wildman–Crippen LogP) is 4.28. The van der Waals surface area contributed by atoms with Crippen LogP contribution < -0.4 is 10.5 Å². The Morgan fingerprint density at radius 1 is 1.23 bits per heavy atom. The summed E-state index contributed by atoms with van der Waals surface area (Å²) in [5.74, 6) is 1.05. The molecule has 0 aliphatic carbocycles. The van der Waals surface area contributed by atoms with E-state index in [2.05, 4.69) is 15.0 Å². The van der Waals surface area contributed by atoms with Crippen LogP contribution in [0.2, 0.25) is 5.02 Å². The van der Waals surface area contributed by atoms with Gasteiger partial charge >= 0.3 is 0 Å². The third-order valence-corrected chi connectivity index (χ3v) is 6.52. The standard InChI is InChI=1S/C25H26ClN7O2/c1-2-21(34)32-11-5-7-18(13-32)33-25-22(24(27)29-15-30-25)23(31-33)16-8-9-20(19(26)12-16)35-14-17-6-3-4-10-28-17/h3-4,6,8-10,12,15,18H,2,5,7,11,13-14H2,1H3,(H2,27,29,30). The van der Waals surface area contributed by atoms with Gasteiger partial charge in [-0.3, -0.25) is 9.78 Å². The van der Waals surface area contributed by atoms with Crippen LogP contribution in [-0.4, -0.2) is 48.6 Å². The third kappa shape index (κ3) is 4.64. The fraction of sp³-hybridized carbons (Fsp3) is 0.320. The molecule has 2 N–H and O–H groups in total. The first-order valence-corrected chi connectivity index (χ1v) is 12.0. The summed E-state index contributed by atoms with van der Waals surface area (Å²) in [6.45, 7) is 3.55. The predicted molar refractivity (Wildman–Crippen MR) is 134 cm³/mol. The van der Waals surface area contributed by atoms with E-state index in [4.69, 9.17) is 27.2 Å². The second kappa shape index (κ2) is 9.87. The number of amides is 1. The molecule has 10 heteroatoms. The molecule has 0 bridgehead atoms. The Bertz CT molecular complexity index is 1360. The zero-order chi connectivity index (χ0) is 24.4. The molecular weight excluding hydrogens is 466 g/mol. The van der Waals surface area contributed by atoms with Crippen molar-refractivity contribution >= 4 is 34.4 Å². The summed E-state index contributed by atoms with van der Waals surface area (Å²) in [6.07, 6.45) is 5.45. The van der Waals surface area contributed by atoms with Crippen LogP contribution in [0.15, 0.2) is 48.9 Å². The van der Waals surface area contributed by atoms with Gasteiger partial charge in [-0.2, -0.15) is 5.10 Å². The first kappa shape index (κ1) is 23.0. The third-order valence-electron chi connectivity index (χ3n) is 6.22. The van der Waals surface area contributed by atoms with Crippen molar-refractivity contribution < 1.29 is 9.53 Å². The fourth-order valence-electron chi connectivity index (χ4n) is 4.46. The first-order chi connectivity index (χ1) is 17.0. The molecule has 1 atom stereocenters. The van der Waals surface area contributed by atoms with E-state index in [1.165, 1.54) is 6.33 Å². The lowest BCUT2D eigenvalue weighted by atomic mass is 10.1. The minimum atomic E-state index is 0.00116. The number of ether oxygens (including phenoxy) is 1. The Morgan fingerprint density at radius 2 is 2.11 bits per heavy atom. The molecule has 0 spiro atoms. The summed E-state index contributed by atoms with van der Waals surface area (Å²) in [5.41, 5.74) is 9.17. The number of fused-ring (bicyclic) bond motifs is 1. The van der Waals surface area contributed by atoms with Crippen molar-refractivity contribution in [1.29, 1.82) is 0 Å². The van der Waals surface area contributed by atoms with Crippen molar-refractivity contribution in [3.63, 3.8) is 0 Å². The second-order valence-corrected chi connectivity index (χ2v) is 8.90. The molecule has 0 radical (unpaired) electrons. The molecule has 4 heterocycles. The van der Waals surface area contributed by atoms with Gasteiger partial charge in [0.2, 0.25) is 5.91 Å². The number of hydrogen-bond acceptors (Lipinski definition) is 7. The summed E-state index contributed by atoms with van der Waals surface area (Å²) in [7, 11) is 0. The van der Waals surface area contributed by atoms with Crippen molar-refractivity contribution in [2.24, 2.45) is 0 Å². The normalized spacial score (nSPS) is 15.9. The highest BCUT2D eigenvalue weighted by molar-refractivity contribution is 6.32. The van der Waals surface area contributed by atoms with Crippen molar-refractivity contribution in [3.8, 4) is 17.0 Å². The zero-order valence-corrected chi connectivity index (χ0v) is 20.1. The second-order valence-electron chi connectivity index (χ2n) is 8.50. The molecule has 1 amide bonds. The monoisotopic (exact) mass is 491 g/mol. The van der Waals surface area contributed by atoms with Crippen LogP contribution in [0.1, 0.15) is 37.9 Å². The lowest BCUT2D eigenvalue weighted by Gasteiger charge is -2.32. The SMILES string of the molecule is CCC(=O)N1CCCC(n2nc(-c3ccc(OCc4ccccn4)c(Cl)c3)c3c(N)ncnc32)C1. The van der Waals surface area contributed by atoms with Gasteiger partial charge in [0.05, 0.1) is 22.1 Å². The number of carbonyl (C=O) groups is 1. The van der Waals surface area contributed by atoms with E-state index in [0.717, 1.165) is 30.6 Å². The van der Waals surface area contributed by atoms with Crippen LogP contribution >= 0.6 is 11.6 Å². The number of nitrogens with zero attached hydrogens (tertiary/aromatic N) is 6. The lowest BCUT2D eigenvalue weighted by Crippen LogP contribution is -2.40. The smallest absolute Gasteiger partial charge is 0.222 e. The van der Waals surface area contributed by atoms with Crippen LogP contribution in [0.25, 0.3) is 22.3 Å². The summed E-state index contributed by atoms with van der Waals surface area (Å²) >= 11 is 6.58. The van der Waals surface area contributed by atoms with Gasteiger partial charge in [-0.1, -0.05) is 24.6 Å². The number of benzene rings is 1. The number of carbonyl (C=O) groups excluding carboxylic acids is 1. The van der Waals surface area contributed by atoms with E-state index in [0.29, 0.717) is 52.9 Å². The lowest BCUT2D eigenvalue weighted by molar-refractivity contribution is -0.132. The number of likely N-dealkylation sites (tertiary alicyclic amines) is 1. The van der Waals surface area contributed by atoms with Gasteiger partial charge in [-0.05, 0) is 43.2 Å². The molecule has 1 aliphatic heterocycles. The number of piperidine rings is 1. The number of hydrogen-bond donors (Lipinski definition) is 1. The molecule has 1 aromatic carbocycles. The van der Waals surface area contributed by atoms with Crippen molar-refractivity contribution in [1.82, 2.24) is 29.6 Å². The van der Waals surface area contributed by atoms with E-state index < -0.39 is 0 Å². The molecule has 180 valence electrons. The van der Waals surface area contributed by atoms with Gasteiger partial charge in [0.15, 0.2) is 5.65 Å². The minimum absolute atomic E-state index is 0.00116. The van der Waals surface area contributed by atoms with E-state index in [1.807, 2.05) is 52.9 Å². The molecule has 5 rings (SSSR count). The maximum atomic E-state index is 12.3. The van der Waals surface area contributed by atoms with Gasteiger partial charge in [-0.15, -0.1) is 0 Å². The molecule has 1 aliphatic rings. The Kier molecular flexibility index (Phi) is 6.50. The van der Waals surface area contributed by atoms with Gasteiger partial charge in [0.1, 0.15) is 30.2 Å². The van der Waals surface area contributed by atoms with Crippen LogP contribution in [-0.2, 0) is 11.4 Å². The Labute approximate surface area is 207 Å². The highest BCUT2D eigenvalue weighted by Gasteiger charge is 2.28. The summed E-state index contributed by atoms with van der Waals surface area (Å²) in [6, 6.07) is 11.2. The quantitative estimate of drug-likeness (QED) is 0.428. The van der Waals surface area contributed by atoms with Crippen molar-refractivity contribution in [2.45, 2.75) is 38.8 Å². The largest absolute Gasteiger partial charge is 0.486 e. The van der Waals surface area contributed by atoms with Crippen molar-refractivity contribution in [2.75, 3.05) is 18.8 Å². The summed E-state index contributed by atoms with van der Waals surface area (Å²) in [5, 5.41) is 6.04. The molecule has 9 nitrogen and oxygen atoms in total. The summed E-state index contributed by atoms with van der Waals surface area (Å²) in [4.78, 5) is 27.2. The average Bonchev–Trinajstić information content (AvgIpc) is 3.29. The van der Waals surface area contributed by atoms with E-state index in [-0.39, 0.29) is 11.9 Å². The number of pyridine rings is 1. The first-order valence-electron chi connectivity index (χ1n) is 11.6. The Balaban J connectivity index is 1.48. The molecule has 1 unspecified atom stereocenters. The van der Waals surface area contributed by atoms with E-state index >= 15 is 0 Å². The number of rotatable bonds is 6. The molecule has 3 aromatic heterocycles. The average molecular weight is 492 g/mol. The highest BCUT2D eigenvalue weighted by Crippen LogP contribution is 2.37. The van der Waals surface area contributed by atoms with E-state index in [9.17, 15) is 4.79 Å². The van der Waals surface area contributed by atoms with Crippen LogP contribution in [0.4, 0.5) is 5.82 Å². The van der Waals surface area contributed by atoms with Gasteiger partial charge in [0.25, 0.3) is 0 Å². The molecule has 0 saturated carbocycles. The Morgan fingerprint density at radius 3 is 2.89 bits per heavy atom. The molecule has 35 heavy (non-hydrogen) atoms. The number of anilines is 1. The number of nitrogens with two attached hydrogens (primary N) is 1. The molecule has 1 fully saturated rings. The van der Waals surface area contributed by atoms with E-state index in [1.54, 1.807) is 6.20 Å². The molecule has 1 saturated heterocycles. The molecular formula is C25H26ClN7O2.